The van der Waals surface area contributed by atoms with E-state index in [4.69, 9.17) is 18.5 Å². The van der Waals surface area contributed by atoms with Gasteiger partial charge in [0.25, 0.3) is 0 Å². The molecule has 0 aliphatic rings. The predicted molar refractivity (Wildman–Crippen MR) is 275 cm³/mol. The highest BCUT2D eigenvalue weighted by molar-refractivity contribution is 7.47. The summed E-state index contributed by atoms with van der Waals surface area (Å²) >= 11 is 0. The van der Waals surface area contributed by atoms with E-state index in [9.17, 15) is 29.3 Å². The number of esters is 2. The van der Waals surface area contributed by atoms with Crippen molar-refractivity contribution < 1.29 is 47.8 Å². The van der Waals surface area contributed by atoms with Crippen LogP contribution >= 0.6 is 7.82 Å². The Labute approximate surface area is 406 Å². The number of carbonyl (C=O) groups excluding carboxylic acids is 2. The van der Waals surface area contributed by atoms with Crippen LogP contribution in [0.1, 0.15) is 290 Å². The highest BCUT2D eigenvalue weighted by atomic mass is 31.2. The largest absolute Gasteiger partial charge is 0.472 e. The van der Waals surface area contributed by atoms with Gasteiger partial charge in [-0.1, -0.05) is 251 Å². The lowest BCUT2D eigenvalue weighted by atomic mass is 10.0. The van der Waals surface area contributed by atoms with E-state index in [1.165, 1.54) is 212 Å². The van der Waals surface area contributed by atoms with E-state index in [0.717, 1.165) is 38.5 Å². The minimum atomic E-state index is -4.64. The SMILES string of the molecule is CCCCCCCC/C=C\CCCCCCCCCCCC(=O)OC(CO)COP(=O)(O)OCC(CO)OC(=O)CCCCCCCCCCCCCCCCCCCCCCCCCC. The Balaban J connectivity index is 3.75. The second-order valence-corrected chi connectivity index (χ2v) is 20.7. The highest BCUT2D eigenvalue weighted by Crippen LogP contribution is 2.43. The lowest BCUT2D eigenvalue weighted by molar-refractivity contribution is -0.153. The van der Waals surface area contributed by atoms with Gasteiger partial charge < -0.3 is 24.6 Å². The van der Waals surface area contributed by atoms with E-state index in [1.807, 2.05) is 0 Å². The van der Waals surface area contributed by atoms with E-state index in [2.05, 4.69) is 26.0 Å². The zero-order chi connectivity index (χ0) is 48.3. The second kappa shape index (κ2) is 51.6. The van der Waals surface area contributed by atoms with Crippen molar-refractivity contribution >= 4 is 19.8 Å². The summed E-state index contributed by atoms with van der Waals surface area (Å²) in [6.07, 6.45) is 54.8. The van der Waals surface area contributed by atoms with Crippen LogP contribution in [0.5, 0.6) is 0 Å². The predicted octanol–water partition coefficient (Wildman–Crippen LogP) is 16.3. The molecule has 0 aliphatic heterocycles. The maximum Gasteiger partial charge on any atom is 0.472 e. The molecule has 3 atom stereocenters. The van der Waals surface area contributed by atoms with E-state index in [0.29, 0.717) is 12.8 Å². The highest BCUT2D eigenvalue weighted by Gasteiger charge is 2.27. The number of rotatable bonds is 54. The Kier molecular flexibility index (Phi) is 50.5. The van der Waals surface area contributed by atoms with Crippen LogP contribution in [0, 0.1) is 0 Å². The molecule has 0 rings (SSSR count). The Morgan fingerprint density at radius 2 is 0.621 bits per heavy atom. The summed E-state index contributed by atoms with van der Waals surface area (Å²) in [6, 6.07) is 0. The maximum absolute atomic E-state index is 12.4. The summed E-state index contributed by atoms with van der Waals surface area (Å²) in [7, 11) is -4.64. The standard InChI is InChI=1S/C55H107O10P/c1-3-5-7-9-11-13-15-17-19-21-23-24-25-26-27-29-31-33-35-37-39-41-43-45-47-55(59)65-53(49-57)51-63-66(60,61)62-50-52(48-56)64-54(58)46-44-42-40-38-36-34-32-30-28-22-20-18-16-14-12-10-8-6-4-2/h18,20,52-53,56-57H,3-17,19,21-51H2,1-2H3,(H,60,61)/b20-18-. The van der Waals surface area contributed by atoms with Crippen molar-refractivity contribution in [2.24, 2.45) is 0 Å². The van der Waals surface area contributed by atoms with Crippen LogP contribution in [0.2, 0.25) is 0 Å². The molecule has 0 aliphatic carbocycles. The molecule has 0 aromatic carbocycles. The zero-order valence-electron chi connectivity index (χ0n) is 43.2. The molecule has 66 heavy (non-hydrogen) atoms. The molecule has 11 heteroatoms. The van der Waals surface area contributed by atoms with Gasteiger partial charge in [-0.2, -0.15) is 0 Å². The average Bonchev–Trinajstić information content (AvgIpc) is 3.31. The van der Waals surface area contributed by atoms with Crippen LogP contribution < -0.4 is 0 Å². The first-order valence-electron chi connectivity index (χ1n) is 28.1. The lowest BCUT2D eigenvalue weighted by Gasteiger charge is -2.20. The quantitative estimate of drug-likeness (QED) is 0.0233. The minimum Gasteiger partial charge on any atom is -0.457 e. The summed E-state index contributed by atoms with van der Waals surface area (Å²) < 4.78 is 32.8. The second-order valence-electron chi connectivity index (χ2n) is 19.3. The Bertz CT molecular complexity index is 1100. The van der Waals surface area contributed by atoms with Gasteiger partial charge in [-0.05, 0) is 38.5 Å². The molecule has 0 spiro atoms. The minimum absolute atomic E-state index is 0.194. The molecule has 0 saturated heterocycles. The van der Waals surface area contributed by atoms with Crippen LogP contribution in [0.15, 0.2) is 12.2 Å². The van der Waals surface area contributed by atoms with Crippen LogP contribution in [0.3, 0.4) is 0 Å². The monoisotopic (exact) mass is 959 g/mol. The number of phosphoric acid groups is 1. The molecule has 0 fully saturated rings. The summed E-state index contributed by atoms with van der Waals surface area (Å²) in [5.74, 6) is -1.00. The molecule has 0 aromatic rings. The van der Waals surface area contributed by atoms with Gasteiger partial charge in [-0.25, -0.2) is 4.57 Å². The molecule has 0 bridgehead atoms. The van der Waals surface area contributed by atoms with E-state index >= 15 is 0 Å². The van der Waals surface area contributed by atoms with E-state index in [-0.39, 0.29) is 12.8 Å². The third kappa shape index (κ3) is 49.1. The number of carbonyl (C=O) groups is 2. The number of allylic oxidation sites excluding steroid dienone is 2. The number of unbranched alkanes of at least 4 members (excludes halogenated alkanes) is 38. The normalized spacial score (nSPS) is 13.6. The van der Waals surface area contributed by atoms with E-state index in [1.54, 1.807) is 0 Å². The molecule has 0 radical (unpaired) electrons. The van der Waals surface area contributed by atoms with Crippen LogP contribution in [-0.4, -0.2) is 65.7 Å². The Morgan fingerprint density at radius 3 is 0.864 bits per heavy atom. The molecule has 0 saturated carbocycles. The average molecular weight is 959 g/mol. The van der Waals surface area contributed by atoms with E-state index < -0.39 is 58.4 Å². The maximum atomic E-state index is 12.4. The Morgan fingerprint density at radius 1 is 0.394 bits per heavy atom. The van der Waals surface area contributed by atoms with Gasteiger partial charge in [-0.3, -0.25) is 18.6 Å². The van der Waals surface area contributed by atoms with Crippen molar-refractivity contribution in [3.8, 4) is 0 Å². The Hall–Kier alpha value is -1.29. The number of aliphatic hydroxyl groups excluding tert-OH is 2. The third-order valence-corrected chi connectivity index (χ3v) is 13.7. The van der Waals surface area contributed by atoms with Crippen molar-refractivity contribution in [2.75, 3.05) is 26.4 Å². The molecule has 10 nitrogen and oxygen atoms in total. The van der Waals surface area contributed by atoms with Crippen LogP contribution in [0.25, 0.3) is 0 Å². The van der Waals surface area contributed by atoms with Crippen LogP contribution in [0.4, 0.5) is 0 Å². The molecule has 3 unspecified atom stereocenters. The summed E-state index contributed by atoms with van der Waals surface area (Å²) in [5, 5.41) is 19.3. The zero-order valence-corrected chi connectivity index (χ0v) is 44.1. The molecule has 392 valence electrons. The molecule has 0 amide bonds. The van der Waals surface area contributed by atoms with Gasteiger partial charge in [-0.15, -0.1) is 0 Å². The van der Waals surface area contributed by atoms with Crippen LogP contribution in [-0.2, 0) is 32.7 Å². The van der Waals surface area contributed by atoms with Gasteiger partial charge in [0.2, 0.25) is 0 Å². The fourth-order valence-electron chi connectivity index (χ4n) is 8.41. The van der Waals surface area contributed by atoms with Crippen molar-refractivity contribution in [1.82, 2.24) is 0 Å². The summed E-state index contributed by atoms with van der Waals surface area (Å²) in [4.78, 5) is 34.8. The molecule has 0 heterocycles. The first kappa shape index (κ1) is 64.7. The summed E-state index contributed by atoms with van der Waals surface area (Å²) in [6.45, 7) is 2.28. The topological polar surface area (TPSA) is 149 Å². The van der Waals surface area contributed by atoms with Gasteiger partial charge in [0.15, 0.2) is 0 Å². The number of aliphatic hydroxyl groups is 2. The van der Waals surface area contributed by atoms with Crippen molar-refractivity contribution in [1.29, 1.82) is 0 Å². The van der Waals surface area contributed by atoms with Gasteiger partial charge in [0, 0.05) is 12.8 Å². The van der Waals surface area contributed by atoms with Crippen molar-refractivity contribution in [3.63, 3.8) is 0 Å². The number of hydrogen-bond donors (Lipinski definition) is 3. The molecular formula is C55H107O10P. The van der Waals surface area contributed by atoms with Crippen molar-refractivity contribution in [2.45, 2.75) is 302 Å². The summed E-state index contributed by atoms with van der Waals surface area (Å²) in [5.41, 5.74) is 0. The number of ether oxygens (including phenoxy) is 2. The number of hydrogen-bond acceptors (Lipinski definition) is 9. The molecule has 0 aromatic heterocycles. The first-order chi connectivity index (χ1) is 32.3. The van der Waals surface area contributed by atoms with Gasteiger partial charge >= 0.3 is 19.8 Å². The number of phosphoric ester groups is 1. The van der Waals surface area contributed by atoms with Gasteiger partial charge in [0.05, 0.1) is 26.4 Å². The third-order valence-electron chi connectivity index (χ3n) is 12.7. The lowest BCUT2D eigenvalue weighted by Crippen LogP contribution is -2.28. The molecule has 3 N–H and O–H groups in total. The van der Waals surface area contributed by atoms with Gasteiger partial charge in [0.1, 0.15) is 12.2 Å². The fourth-order valence-corrected chi connectivity index (χ4v) is 9.19. The smallest absolute Gasteiger partial charge is 0.457 e. The van der Waals surface area contributed by atoms with Crippen molar-refractivity contribution in [3.05, 3.63) is 12.2 Å². The first-order valence-corrected chi connectivity index (χ1v) is 29.6. The fraction of sp³-hybridized carbons (Fsp3) is 0.927. The molecular weight excluding hydrogens is 852 g/mol.